The van der Waals surface area contributed by atoms with Gasteiger partial charge in [0.15, 0.2) is 6.10 Å². The maximum absolute atomic E-state index is 12.6. The van der Waals surface area contributed by atoms with E-state index in [4.69, 9.17) is 24.3 Å². The van der Waals surface area contributed by atoms with E-state index in [2.05, 4.69) is 56.4 Å². The van der Waals surface area contributed by atoms with Gasteiger partial charge in [0, 0.05) is 19.4 Å². The average Bonchev–Trinajstić information content (AvgIpc) is 3.14. The zero-order valence-corrected chi connectivity index (χ0v) is 34.6. The van der Waals surface area contributed by atoms with Crippen molar-refractivity contribution in [2.45, 2.75) is 187 Å². The van der Waals surface area contributed by atoms with Gasteiger partial charge < -0.3 is 20.1 Å². The molecule has 0 radical (unpaired) electrons. The van der Waals surface area contributed by atoms with Gasteiger partial charge in [-0.15, -0.1) is 0 Å². The summed E-state index contributed by atoms with van der Waals surface area (Å²) >= 11 is 0. The van der Waals surface area contributed by atoms with Crippen LogP contribution in [-0.4, -0.2) is 49.3 Å². The minimum Gasteiger partial charge on any atom is -0.462 e. The van der Waals surface area contributed by atoms with Crippen molar-refractivity contribution in [2.24, 2.45) is 5.73 Å². The summed E-state index contributed by atoms with van der Waals surface area (Å²) < 4.78 is 32.7. The minimum atomic E-state index is -4.39. The molecule has 0 fully saturated rings. The van der Waals surface area contributed by atoms with Crippen molar-refractivity contribution in [3.05, 3.63) is 48.6 Å². The van der Waals surface area contributed by atoms with Gasteiger partial charge in [0.05, 0.1) is 13.2 Å². The van der Waals surface area contributed by atoms with Crippen LogP contribution in [-0.2, 0) is 32.7 Å². The van der Waals surface area contributed by atoms with E-state index in [1.54, 1.807) is 0 Å². The third-order valence-corrected chi connectivity index (χ3v) is 9.70. The molecule has 0 saturated heterocycles. The zero-order chi connectivity index (χ0) is 38.9. The number of hydrogen-bond acceptors (Lipinski definition) is 8. The van der Waals surface area contributed by atoms with Gasteiger partial charge >= 0.3 is 19.8 Å². The Morgan fingerprint density at radius 3 is 1.51 bits per heavy atom. The molecule has 0 saturated carbocycles. The molecule has 2 atom stereocenters. The first-order valence-electron chi connectivity index (χ1n) is 21.1. The maximum atomic E-state index is 12.6. The van der Waals surface area contributed by atoms with Crippen LogP contribution in [0.15, 0.2) is 48.6 Å². The molecule has 0 aromatic heterocycles. The topological polar surface area (TPSA) is 134 Å². The molecular formula is C43H78NO8P. The summed E-state index contributed by atoms with van der Waals surface area (Å²) in [6.45, 7) is 3.64. The lowest BCUT2D eigenvalue weighted by atomic mass is 10.0. The summed E-state index contributed by atoms with van der Waals surface area (Å²) in [7, 11) is -4.39. The fourth-order valence-corrected chi connectivity index (χ4v) is 6.33. The van der Waals surface area contributed by atoms with Crippen molar-refractivity contribution in [1.82, 2.24) is 0 Å². The summed E-state index contributed by atoms with van der Waals surface area (Å²) in [5, 5.41) is 0. The van der Waals surface area contributed by atoms with Gasteiger partial charge in [0.25, 0.3) is 0 Å². The second-order valence-electron chi connectivity index (χ2n) is 13.9. The number of rotatable bonds is 39. The first kappa shape index (κ1) is 51.0. The van der Waals surface area contributed by atoms with E-state index in [0.717, 1.165) is 44.9 Å². The Labute approximate surface area is 324 Å². The molecule has 9 nitrogen and oxygen atoms in total. The van der Waals surface area contributed by atoms with Gasteiger partial charge in [-0.2, -0.15) is 0 Å². The van der Waals surface area contributed by atoms with Gasteiger partial charge in [0.1, 0.15) is 6.61 Å². The number of esters is 2. The molecule has 3 N–H and O–H groups in total. The van der Waals surface area contributed by atoms with Crippen molar-refractivity contribution in [1.29, 1.82) is 0 Å². The highest BCUT2D eigenvalue weighted by molar-refractivity contribution is 7.47. The van der Waals surface area contributed by atoms with Crippen LogP contribution < -0.4 is 5.73 Å². The lowest BCUT2D eigenvalue weighted by Crippen LogP contribution is -2.29. The first-order valence-corrected chi connectivity index (χ1v) is 22.6. The summed E-state index contributed by atoms with van der Waals surface area (Å²) in [6, 6.07) is 0. The van der Waals surface area contributed by atoms with Gasteiger partial charge in [-0.3, -0.25) is 18.6 Å². The Balaban J connectivity index is 4.26. The van der Waals surface area contributed by atoms with Crippen LogP contribution in [0.4, 0.5) is 0 Å². The lowest BCUT2D eigenvalue weighted by molar-refractivity contribution is -0.161. The summed E-state index contributed by atoms with van der Waals surface area (Å²) in [5.74, 6) is -0.892. The van der Waals surface area contributed by atoms with Crippen LogP contribution in [0.2, 0.25) is 0 Å². The van der Waals surface area contributed by atoms with Crippen LogP contribution in [0.25, 0.3) is 0 Å². The molecule has 0 aliphatic heterocycles. The molecule has 0 aromatic carbocycles. The van der Waals surface area contributed by atoms with Crippen LogP contribution in [0.5, 0.6) is 0 Å². The summed E-state index contributed by atoms with van der Waals surface area (Å²) in [6.07, 6.45) is 44.3. The first-order chi connectivity index (χ1) is 25.8. The van der Waals surface area contributed by atoms with Crippen LogP contribution in [0.3, 0.4) is 0 Å². The molecule has 0 spiro atoms. The second kappa shape index (κ2) is 39.7. The number of carbonyl (C=O) groups excluding carboxylic acids is 2. The molecule has 0 aliphatic carbocycles. The Bertz CT molecular complexity index is 1010. The number of carbonyl (C=O) groups is 2. The number of nitrogens with two attached hydrogens (primary N) is 1. The van der Waals surface area contributed by atoms with Crippen LogP contribution in [0.1, 0.15) is 181 Å². The normalized spacial score (nSPS) is 13.8. The Morgan fingerprint density at radius 1 is 0.566 bits per heavy atom. The number of unbranched alkanes of at least 4 members (excludes halogenated alkanes) is 18. The standard InChI is InChI=1S/C43H78NO8P/c1-3-5-7-9-11-13-15-17-19-20-22-23-25-27-29-31-33-35-42(45)49-39-41(40-51-53(47,48)50-38-37-44)52-43(46)36-34-32-30-28-26-24-21-18-16-14-12-10-8-6-4-2/h11,13,17,19,22-23,27,29,41H,3-10,12,14-16,18,20-21,24-26,28,30-40,44H2,1-2H3,(H,47,48). The second-order valence-corrected chi connectivity index (χ2v) is 15.3. The third-order valence-electron chi connectivity index (χ3n) is 8.72. The van der Waals surface area contributed by atoms with Gasteiger partial charge in [-0.05, 0) is 51.4 Å². The van der Waals surface area contributed by atoms with E-state index in [0.29, 0.717) is 12.8 Å². The molecule has 308 valence electrons. The largest absolute Gasteiger partial charge is 0.472 e. The van der Waals surface area contributed by atoms with Gasteiger partial charge in [-0.25, -0.2) is 4.57 Å². The van der Waals surface area contributed by atoms with Crippen molar-refractivity contribution >= 4 is 19.8 Å². The van der Waals surface area contributed by atoms with Crippen molar-refractivity contribution in [2.75, 3.05) is 26.4 Å². The van der Waals surface area contributed by atoms with Gasteiger partial charge in [0.2, 0.25) is 0 Å². The molecule has 53 heavy (non-hydrogen) atoms. The van der Waals surface area contributed by atoms with E-state index in [-0.39, 0.29) is 32.6 Å². The van der Waals surface area contributed by atoms with E-state index >= 15 is 0 Å². The summed E-state index contributed by atoms with van der Waals surface area (Å²) in [4.78, 5) is 34.8. The highest BCUT2D eigenvalue weighted by atomic mass is 31.2. The van der Waals surface area contributed by atoms with Crippen molar-refractivity contribution in [3.63, 3.8) is 0 Å². The monoisotopic (exact) mass is 768 g/mol. The van der Waals surface area contributed by atoms with Crippen LogP contribution in [0, 0.1) is 0 Å². The van der Waals surface area contributed by atoms with E-state index in [1.165, 1.54) is 96.3 Å². The minimum absolute atomic E-state index is 0.0459. The number of ether oxygens (including phenoxy) is 2. The molecule has 0 aromatic rings. The number of phosphoric ester groups is 1. The SMILES string of the molecule is CCCCCC=CCC=CCC=CCC=CCCCC(=O)OCC(COP(=O)(O)OCCN)OC(=O)CCCCCCCCCCCCCCCCC. The molecule has 0 amide bonds. The highest BCUT2D eigenvalue weighted by Crippen LogP contribution is 2.43. The molecule has 0 heterocycles. The predicted octanol–water partition coefficient (Wildman–Crippen LogP) is 11.9. The fraction of sp³-hybridized carbons (Fsp3) is 0.767. The Kier molecular flexibility index (Phi) is 38.1. The quantitative estimate of drug-likeness (QED) is 0.0271. The summed E-state index contributed by atoms with van der Waals surface area (Å²) in [5.41, 5.74) is 5.34. The lowest BCUT2D eigenvalue weighted by Gasteiger charge is -2.19. The smallest absolute Gasteiger partial charge is 0.462 e. The van der Waals surface area contributed by atoms with E-state index < -0.39 is 32.5 Å². The third kappa shape index (κ3) is 39.5. The van der Waals surface area contributed by atoms with Crippen molar-refractivity contribution in [3.8, 4) is 0 Å². The van der Waals surface area contributed by atoms with Crippen LogP contribution >= 0.6 is 7.82 Å². The Morgan fingerprint density at radius 2 is 1.00 bits per heavy atom. The maximum Gasteiger partial charge on any atom is 0.472 e. The molecule has 2 unspecified atom stereocenters. The number of phosphoric acid groups is 1. The van der Waals surface area contributed by atoms with E-state index in [1.807, 2.05) is 6.08 Å². The van der Waals surface area contributed by atoms with Gasteiger partial charge in [-0.1, -0.05) is 165 Å². The molecular weight excluding hydrogens is 689 g/mol. The Hall–Kier alpha value is -2.03. The molecule has 10 heteroatoms. The highest BCUT2D eigenvalue weighted by Gasteiger charge is 2.25. The van der Waals surface area contributed by atoms with E-state index in [9.17, 15) is 19.0 Å². The molecule has 0 aliphatic rings. The zero-order valence-electron chi connectivity index (χ0n) is 33.7. The van der Waals surface area contributed by atoms with Crippen molar-refractivity contribution < 1.29 is 37.6 Å². The predicted molar refractivity (Wildman–Crippen MR) is 220 cm³/mol. The average molecular weight is 768 g/mol. The number of allylic oxidation sites excluding steroid dienone is 8. The molecule has 0 bridgehead atoms. The molecule has 0 rings (SSSR count). The number of hydrogen-bond donors (Lipinski definition) is 2. The fourth-order valence-electron chi connectivity index (χ4n) is 5.57.